The molecule has 4 nitrogen and oxygen atoms in total. The van der Waals surface area contributed by atoms with Crippen LogP contribution in [-0.2, 0) is 9.53 Å². The van der Waals surface area contributed by atoms with Crippen LogP contribution in [0.25, 0.3) is 0 Å². The standard InChI is InChI=1S/C15H25NO3/c1-13(2,16-3)11-8-10-6-4-5-7-14(10)15(9-17,19-14)12(11)18/h10-11,16-17H,4-9H2,1-3H3. The number of hydrogen-bond donors (Lipinski definition) is 2. The van der Waals surface area contributed by atoms with Gasteiger partial charge in [0.1, 0.15) is 5.60 Å². The molecule has 3 fully saturated rings. The second-order valence-electron chi connectivity index (χ2n) is 7.04. The number of carbonyl (C=O) groups is 1. The molecule has 3 aliphatic rings. The summed E-state index contributed by atoms with van der Waals surface area (Å²) in [6.45, 7) is 3.98. The Morgan fingerprint density at radius 3 is 2.84 bits per heavy atom. The van der Waals surface area contributed by atoms with Gasteiger partial charge in [-0.05, 0) is 46.1 Å². The van der Waals surface area contributed by atoms with Crippen LogP contribution in [0.15, 0.2) is 0 Å². The molecule has 108 valence electrons. The lowest BCUT2D eigenvalue weighted by Crippen LogP contribution is -2.59. The van der Waals surface area contributed by atoms with Crippen molar-refractivity contribution in [3.8, 4) is 0 Å². The molecule has 0 radical (unpaired) electrons. The highest BCUT2D eigenvalue weighted by Crippen LogP contribution is 2.65. The predicted octanol–water partition coefficient (Wildman–Crippen LogP) is 1.26. The third-order valence-corrected chi connectivity index (χ3v) is 5.98. The third kappa shape index (κ3) is 1.54. The minimum absolute atomic E-state index is 0.0663. The van der Waals surface area contributed by atoms with E-state index in [2.05, 4.69) is 19.2 Å². The summed E-state index contributed by atoms with van der Waals surface area (Å²) >= 11 is 0. The zero-order chi connectivity index (χ0) is 13.9. The molecular weight excluding hydrogens is 242 g/mol. The average molecular weight is 267 g/mol. The van der Waals surface area contributed by atoms with Crippen LogP contribution < -0.4 is 5.32 Å². The Morgan fingerprint density at radius 1 is 1.47 bits per heavy atom. The van der Waals surface area contributed by atoms with Gasteiger partial charge in [0.05, 0.1) is 6.61 Å². The largest absolute Gasteiger partial charge is 0.393 e. The molecule has 4 heteroatoms. The molecule has 4 atom stereocenters. The van der Waals surface area contributed by atoms with Gasteiger partial charge in [-0.3, -0.25) is 4.79 Å². The zero-order valence-electron chi connectivity index (χ0n) is 12.2. The van der Waals surface area contributed by atoms with E-state index in [1.807, 2.05) is 7.05 Å². The number of Topliss-reactive ketones (excluding diaryl/α,β-unsaturated/α-hetero) is 1. The Kier molecular flexibility index (Phi) is 2.87. The predicted molar refractivity (Wildman–Crippen MR) is 71.8 cm³/mol. The van der Waals surface area contributed by atoms with Crippen molar-refractivity contribution in [1.82, 2.24) is 5.32 Å². The number of ether oxygens (including phenoxy) is 1. The first-order chi connectivity index (χ1) is 8.93. The number of aliphatic hydroxyl groups excluding tert-OH is 1. The number of ketones is 1. The van der Waals surface area contributed by atoms with Gasteiger partial charge in [0.2, 0.25) is 0 Å². The minimum Gasteiger partial charge on any atom is -0.393 e. The van der Waals surface area contributed by atoms with Crippen molar-refractivity contribution in [3.63, 3.8) is 0 Å². The lowest BCUT2D eigenvalue weighted by molar-refractivity contribution is -0.134. The van der Waals surface area contributed by atoms with E-state index >= 15 is 0 Å². The number of epoxide rings is 1. The number of rotatable bonds is 3. The lowest BCUT2D eigenvalue weighted by atomic mass is 9.59. The first kappa shape index (κ1) is 13.5. The minimum atomic E-state index is -0.880. The highest BCUT2D eigenvalue weighted by atomic mass is 16.6. The summed E-state index contributed by atoms with van der Waals surface area (Å²) in [6, 6.07) is 0. The Bertz CT molecular complexity index is 408. The summed E-state index contributed by atoms with van der Waals surface area (Å²) in [5.74, 6) is 0.486. The molecule has 1 spiro atoms. The van der Waals surface area contributed by atoms with Crippen LogP contribution >= 0.6 is 0 Å². The van der Waals surface area contributed by atoms with Gasteiger partial charge in [0.15, 0.2) is 11.4 Å². The van der Waals surface area contributed by atoms with E-state index < -0.39 is 5.60 Å². The van der Waals surface area contributed by atoms with Crippen molar-refractivity contribution in [2.24, 2.45) is 11.8 Å². The van der Waals surface area contributed by atoms with E-state index in [1.54, 1.807) is 0 Å². The second-order valence-corrected chi connectivity index (χ2v) is 7.04. The number of nitrogens with one attached hydrogen (secondary N) is 1. The highest BCUT2D eigenvalue weighted by Gasteiger charge is 2.80. The van der Waals surface area contributed by atoms with Gasteiger partial charge >= 0.3 is 0 Å². The average Bonchev–Trinajstić information content (AvgIpc) is 3.08. The maximum absolute atomic E-state index is 12.9. The molecule has 0 bridgehead atoms. The van der Waals surface area contributed by atoms with Gasteiger partial charge in [-0.15, -0.1) is 0 Å². The van der Waals surface area contributed by atoms with E-state index in [0.29, 0.717) is 5.92 Å². The van der Waals surface area contributed by atoms with E-state index in [1.165, 1.54) is 6.42 Å². The van der Waals surface area contributed by atoms with Crippen LogP contribution in [0.1, 0.15) is 46.0 Å². The van der Waals surface area contributed by atoms with E-state index in [-0.39, 0.29) is 29.4 Å². The molecule has 0 aromatic rings. The normalized spacial score (nSPS) is 45.6. The van der Waals surface area contributed by atoms with E-state index in [4.69, 9.17) is 4.74 Å². The van der Waals surface area contributed by atoms with E-state index in [9.17, 15) is 9.90 Å². The van der Waals surface area contributed by atoms with Crippen molar-refractivity contribution in [2.75, 3.05) is 13.7 Å². The van der Waals surface area contributed by atoms with E-state index in [0.717, 1.165) is 25.7 Å². The summed E-state index contributed by atoms with van der Waals surface area (Å²) < 4.78 is 5.96. The van der Waals surface area contributed by atoms with Crippen molar-refractivity contribution < 1.29 is 14.6 Å². The molecule has 0 amide bonds. The van der Waals surface area contributed by atoms with Gasteiger partial charge in [-0.2, -0.15) is 0 Å². The quantitative estimate of drug-likeness (QED) is 0.756. The third-order valence-electron chi connectivity index (χ3n) is 5.98. The van der Waals surface area contributed by atoms with Gasteiger partial charge in [0.25, 0.3) is 0 Å². The van der Waals surface area contributed by atoms with Gasteiger partial charge in [-0.25, -0.2) is 0 Å². The van der Waals surface area contributed by atoms with Crippen LogP contribution in [0.3, 0.4) is 0 Å². The fourth-order valence-electron chi connectivity index (χ4n) is 4.45. The number of carbonyl (C=O) groups excluding carboxylic acids is 1. The molecule has 1 saturated heterocycles. The number of hydrogen-bond acceptors (Lipinski definition) is 4. The van der Waals surface area contributed by atoms with Crippen LogP contribution in [0, 0.1) is 11.8 Å². The van der Waals surface area contributed by atoms with Crippen molar-refractivity contribution in [1.29, 1.82) is 0 Å². The topological polar surface area (TPSA) is 61.9 Å². The molecule has 2 aliphatic carbocycles. The summed E-state index contributed by atoms with van der Waals surface area (Å²) in [5.41, 5.74) is -1.44. The Labute approximate surface area is 114 Å². The molecule has 1 heterocycles. The molecule has 4 unspecified atom stereocenters. The first-order valence-corrected chi connectivity index (χ1v) is 7.48. The Morgan fingerprint density at radius 2 is 2.21 bits per heavy atom. The van der Waals surface area contributed by atoms with Crippen molar-refractivity contribution in [2.45, 2.75) is 62.7 Å². The summed E-state index contributed by atoms with van der Waals surface area (Å²) in [5, 5.41) is 13.0. The molecular formula is C15H25NO3. The molecule has 3 rings (SSSR count). The van der Waals surface area contributed by atoms with Gasteiger partial charge < -0.3 is 15.2 Å². The monoisotopic (exact) mass is 267 g/mol. The van der Waals surface area contributed by atoms with Gasteiger partial charge in [0, 0.05) is 11.5 Å². The Balaban J connectivity index is 1.95. The second kappa shape index (κ2) is 4.03. The maximum atomic E-state index is 12.9. The SMILES string of the molecule is CNC(C)(C)C1CC2CCCCC23OC3(CO)C1=O. The molecule has 0 aromatic heterocycles. The highest BCUT2D eigenvalue weighted by molar-refractivity contribution is 5.96. The molecule has 2 saturated carbocycles. The molecule has 1 aliphatic heterocycles. The lowest BCUT2D eigenvalue weighted by Gasteiger charge is -2.44. The summed E-state index contributed by atoms with van der Waals surface area (Å²) in [6.07, 6.45) is 5.31. The van der Waals surface area contributed by atoms with Crippen LogP contribution in [-0.4, -0.2) is 41.3 Å². The maximum Gasteiger partial charge on any atom is 0.179 e. The van der Waals surface area contributed by atoms with Crippen LogP contribution in [0.4, 0.5) is 0 Å². The van der Waals surface area contributed by atoms with Crippen molar-refractivity contribution >= 4 is 5.78 Å². The van der Waals surface area contributed by atoms with Crippen LogP contribution in [0.5, 0.6) is 0 Å². The molecule has 0 aromatic carbocycles. The first-order valence-electron chi connectivity index (χ1n) is 7.48. The number of aliphatic hydroxyl groups is 1. The smallest absolute Gasteiger partial charge is 0.179 e. The van der Waals surface area contributed by atoms with Crippen molar-refractivity contribution in [3.05, 3.63) is 0 Å². The Hall–Kier alpha value is -0.450. The van der Waals surface area contributed by atoms with Crippen LogP contribution in [0.2, 0.25) is 0 Å². The molecule has 19 heavy (non-hydrogen) atoms. The van der Waals surface area contributed by atoms with Gasteiger partial charge in [-0.1, -0.05) is 12.8 Å². The fraction of sp³-hybridized carbons (Fsp3) is 0.933. The summed E-state index contributed by atoms with van der Waals surface area (Å²) in [4.78, 5) is 12.9. The zero-order valence-corrected chi connectivity index (χ0v) is 12.2. The summed E-state index contributed by atoms with van der Waals surface area (Å²) in [7, 11) is 1.90. The molecule has 2 N–H and O–H groups in total. The fourth-order valence-corrected chi connectivity index (χ4v) is 4.45.